The van der Waals surface area contributed by atoms with Gasteiger partial charge in [0.1, 0.15) is 10.6 Å². The number of carbonyl (C=O) groups is 1. The molecule has 37 heavy (non-hydrogen) atoms. The number of aryl methyl sites for hydroxylation is 1. The zero-order chi connectivity index (χ0) is 26.8. The number of nitrogens with zero attached hydrogens (tertiary/aromatic N) is 1. The minimum absolute atomic E-state index is 0.103. The van der Waals surface area contributed by atoms with Crippen molar-refractivity contribution < 1.29 is 18.7 Å². The van der Waals surface area contributed by atoms with Crippen molar-refractivity contribution in [2.75, 3.05) is 13.2 Å². The lowest BCUT2D eigenvalue weighted by Gasteiger charge is -2.20. The Bertz CT molecular complexity index is 1250. The summed E-state index contributed by atoms with van der Waals surface area (Å²) in [5.41, 5.74) is 1.57. The maximum atomic E-state index is 13.7. The second-order valence-electron chi connectivity index (χ2n) is 10.1. The number of unbranched alkanes of at least 4 members (excludes halogenated alkanes) is 6. The van der Waals surface area contributed by atoms with Crippen molar-refractivity contribution in [3.63, 3.8) is 0 Å². The molecule has 1 aromatic carbocycles. The number of hydrogen-bond donors (Lipinski definition) is 0. The lowest BCUT2D eigenvalue weighted by molar-refractivity contribution is -0.154. The fourth-order valence-corrected chi connectivity index (χ4v) is 4.74. The summed E-state index contributed by atoms with van der Waals surface area (Å²) in [5.74, 6) is 0.0497. The molecular weight excluding hydrogens is 489 g/mol. The van der Waals surface area contributed by atoms with E-state index < -0.39 is 5.41 Å². The molecule has 0 saturated carbocycles. The zero-order valence-electron chi connectivity index (χ0n) is 22.4. The summed E-state index contributed by atoms with van der Waals surface area (Å²) in [6.45, 7) is 8.80. The third-order valence-electron chi connectivity index (χ3n) is 6.77. The average Bonchev–Trinajstić information content (AvgIpc) is 2.88. The van der Waals surface area contributed by atoms with E-state index in [0.717, 1.165) is 73.7 Å². The molecule has 0 amide bonds. The quantitative estimate of drug-likeness (QED) is 0.158. The smallest absolute Gasteiger partial charge is 0.311 e. The first kappa shape index (κ1) is 28.8. The minimum atomic E-state index is -0.392. The van der Waals surface area contributed by atoms with Gasteiger partial charge in [0.05, 0.1) is 18.6 Å². The van der Waals surface area contributed by atoms with E-state index in [1.165, 1.54) is 12.1 Å². The van der Waals surface area contributed by atoms with Crippen LogP contribution in [0.5, 0.6) is 5.88 Å². The molecule has 200 valence electrons. The molecule has 0 fully saturated rings. The zero-order valence-corrected chi connectivity index (χ0v) is 23.2. The highest BCUT2D eigenvalue weighted by atomic mass is 32.1. The molecule has 0 unspecified atom stereocenters. The van der Waals surface area contributed by atoms with Crippen molar-refractivity contribution in [2.45, 2.75) is 79.1 Å². The number of halogens is 1. The molecule has 0 atom stereocenters. The number of hydrogen-bond acceptors (Lipinski definition) is 6. The number of ether oxygens (including phenoxy) is 2. The number of fused-ring (bicyclic) bond motifs is 1. The van der Waals surface area contributed by atoms with Gasteiger partial charge in [0.25, 0.3) is 0 Å². The Hall–Kier alpha value is -2.80. The molecule has 2 aromatic heterocycles. The normalized spacial score (nSPS) is 11.6. The Morgan fingerprint density at radius 2 is 1.62 bits per heavy atom. The predicted molar refractivity (Wildman–Crippen MR) is 149 cm³/mol. The van der Waals surface area contributed by atoms with Gasteiger partial charge < -0.3 is 9.47 Å². The summed E-state index contributed by atoms with van der Waals surface area (Å²) in [5, 5.41) is 0.833. The van der Waals surface area contributed by atoms with Gasteiger partial charge >= 0.3 is 5.97 Å². The monoisotopic (exact) mass is 527 g/mol. The van der Waals surface area contributed by atoms with Crippen molar-refractivity contribution in [3.05, 3.63) is 57.3 Å². The van der Waals surface area contributed by atoms with Crippen molar-refractivity contribution in [3.8, 4) is 17.0 Å². The Morgan fingerprint density at radius 1 is 0.946 bits per heavy atom. The molecule has 0 aliphatic heterocycles. The molecule has 2 heterocycles. The van der Waals surface area contributed by atoms with Crippen molar-refractivity contribution in [1.29, 1.82) is 0 Å². The molecule has 3 aromatic rings. The third kappa shape index (κ3) is 8.35. The van der Waals surface area contributed by atoms with Gasteiger partial charge in [-0.3, -0.25) is 9.59 Å². The van der Waals surface area contributed by atoms with E-state index in [2.05, 4.69) is 4.98 Å². The Morgan fingerprint density at radius 3 is 2.32 bits per heavy atom. The van der Waals surface area contributed by atoms with Gasteiger partial charge in [-0.15, -0.1) is 0 Å². The summed E-state index contributed by atoms with van der Waals surface area (Å²) in [6, 6.07) is 9.98. The second-order valence-corrected chi connectivity index (χ2v) is 11.1. The van der Waals surface area contributed by atoms with Crippen molar-refractivity contribution in [1.82, 2.24) is 4.98 Å². The van der Waals surface area contributed by atoms with E-state index in [1.807, 2.05) is 39.8 Å². The van der Waals surface area contributed by atoms with Crippen LogP contribution in [0.1, 0.15) is 77.7 Å². The van der Waals surface area contributed by atoms with Crippen LogP contribution in [0.3, 0.4) is 0 Å². The van der Waals surface area contributed by atoms with E-state index in [9.17, 15) is 14.0 Å². The highest BCUT2D eigenvalue weighted by Crippen LogP contribution is 2.27. The van der Waals surface area contributed by atoms with E-state index >= 15 is 0 Å². The molecule has 7 heteroatoms. The first-order chi connectivity index (χ1) is 17.7. The molecule has 0 spiro atoms. The standard InChI is InChI=1S/C30H38FNO4S/c1-5-30(3,4)29(34)36-18-12-10-8-6-7-9-11-17-35-26-16-14-22-19-25(28(33)37-27(22)32-26)24-20-23(31)15-13-21(24)2/h13-16,19-20H,5-12,17-18H2,1-4H3. The van der Waals surface area contributed by atoms with E-state index in [1.54, 1.807) is 12.1 Å². The minimum Gasteiger partial charge on any atom is -0.478 e. The SMILES string of the molecule is CCC(C)(C)C(=O)OCCCCCCCCCOc1ccc2cc(-c3cc(F)ccc3C)c(=O)sc2n1. The van der Waals surface area contributed by atoms with Crippen LogP contribution in [0.25, 0.3) is 21.3 Å². The van der Waals surface area contributed by atoms with Gasteiger partial charge in [-0.2, -0.15) is 0 Å². The van der Waals surface area contributed by atoms with Gasteiger partial charge in [-0.05, 0) is 75.4 Å². The second kappa shape index (κ2) is 13.7. The molecule has 0 radical (unpaired) electrons. The van der Waals surface area contributed by atoms with Gasteiger partial charge in [0, 0.05) is 17.0 Å². The van der Waals surface area contributed by atoms with E-state index in [0.29, 0.717) is 35.1 Å². The molecule has 0 N–H and O–H groups in total. The summed E-state index contributed by atoms with van der Waals surface area (Å²) >= 11 is 1.06. The average molecular weight is 528 g/mol. The highest BCUT2D eigenvalue weighted by Gasteiger charge is 2.26. The van der Waals surface area contributed by atoms with Gasteiger partial charge in [-0.25, -0.2) is 9.37 Å². The number of pyridine rings is 1. The number of benzene rings is 1. The molecule has 5 nitrogen and oxygen atoms in total. The number of rotatable bonds is 14. The highest BCUT2D eigenvalue weighted by molar-refractivity contribution is 7.16. The maximum absolute atomic E-state index is 13.7. The number of esters is 1. The largest absolute Gasteiger partial charge is 0.478 e. The van der Waals surface area contributed by atoms with Crippen LogP contribution in [-0.4, -0.2) is 24.2 Å². The van der Waals surface area contributed by atoms with Crippen LogP contribution in [-0.2, 0) is 9.53 Å². The Kier molecular flexibility index (Phi) is 10.6. The molecule has 0 saturated heterocycles. The van der Waals surface area contributed by atoms with E-state index in [4.69, 9.17) is 9.47 Å². The maximum Gasteiger partial charge on any atom is 0.311 e. The van der Waals surface area contributed by atoms with Crippen LogP contribution in [0.2, 0.25) is 0 Å². The van der Waals surface area contributed by atoms with Crippen LogP contribution in [0.15, 0.2) is 41.2 Å². The fourth-order valence-electron chi connectivity index (χ4n) is 3.90. The number of aromatic nitrogens is 1. The lowest BCUT2D eigenvalue weighted by atomic mass is 9.91. The molecule has 0 aliphatic rings. The van der Waals surface area contributed by atoms with Gasteiger partial charge in [0.15, 0.2) is 0 Å². The summed E-state index contributed by atoms with van der Waals surface area (Å²) < 4.78 is 24.8. The summed E-state index contributed by atoms with van der Waals surface area (Å²) in [4.78, 5) is 29.8. The summed E-state index contributed by atoms with van der Waals surface area (Å²) in [7, 11) is 0. The van der Waals surface area contributed by atoms with Crippen LogP contribution < -0.4 is 9.48 Å². The van der Waals surface area contributed by atoms with Crippen molar-refractivity contribution >= 4 is 27.5 Å². The van der Waals surface area contributed by atoms with Crippen LogP contribution in [0.4, 0.5) is 4.39 Å². The molecule has 0 bridgehead atoms. The van der Waals surface area contributed by atoms with Crippen molar-refractivity contribution in [2.24, 2.45) is 5.41 Å². The van der Waals surface area contributed by atoms with E-state index in [-0.39, 0.29) is 16.5 Å². The van der Waals surface area contributed by atoms with Crippen LogP contribution in [0, 0.1) is 18.2 Å². The molecular formula is C30H38FNO4S. The van der Waals surface area contributed by atoms with Gasteiger partial charge in [0.2, 0.25) is 10.6 Å². The first-order valence-electron chi connectivity index (χ1n) is 13.2. The Balaban J connectivity index is 1.36. The lowest BCUT2D eigenvalue weighted by Crippen LogP contribution is -2.26. The molecule has 3 rings (SSSR count). The predicted octanol–water partition coefficient (Wildman–Crippen LogP) is 7.86. The number of carbonyl (C=O) groups excluding carboxylic acids is 1. The fraction of sp³-hybridized carbons (Fsp3) is 0.500. The molecule has 0 aliphatic carbocycles. The summed E-state index contributed by atoms with van der Waals surface area (Å²) in [6.07, 6.45) is 8.22. The third-order valence-corrected chi connectivity index (χ3v) is 7.70. The topological polar surface area (TPSA) is 65.5 Å². The first-order valence-corrected chi connectivity index (χ1v) is 14.0. The van der Waals surface area contributed by atoms with Crippen LogP contribution >= 0.6 is 11.3 Å². The van der Waals surface area contributed by atoms with Gasteiger partial charge in [-0.1, -0.05) is 56.4 Å². The Labute approximate surface area is 223 Å².